The number of hydrogen-bond acceptors (Lipinski definition) is 4. The van der Waals surface area contributed by atoms with Gasteiger partial charge in [-0.1, -0.05) is 12.1 Å². The minimum atomic E-state index is -0.461. The highest BCUT2D eigenvalue weighted by atomic mass is 16.6. The lowest BCUT2D eigenvalue weighted by atomic mass is 9.76. The number of benzene rings is 1. The van der Waals surface area contributed by atoms with Gasteiger partial charge in [-0.05, 0) is 57.2 Å². The number of carbonyl (C=O) groups excluding carboxylic acids is 1. The Kier molecular flexibility index (Phi) is 5.29. The number of hydrogen-bond donors (Lipinski definition) is 3. The summed E-state index contributed by atoms with van der Waals surface area (Å²) in [5, 5.41) is 6.00. The van der Waals surface area contributed by atoms with Gasteiger partial charge >= 0.3 is 6.09 Å². The summed E-state index contributed by atoms with van der Waals surface area (Å²) in [6.45, 7) is 6.73. The molecule has 0 aliphatic heterocycles. The van der Waals surface area contributed by atoms with E-state index in [-0.39, 0.29) is 6.09 Å². The molecule has 0 heterocycles. The van der Waals surface area contributed by atoms with Crippen molar-refractivity contribution in [1.29, 1.82) is 0 Å². The second kappa shape index (κ2) is 7.01. The SMILES string of the molecule is CC(C)(C)OC(=O)NCCNc1ccc(C2CC(N)C2)cc1. The van der Waals surface area contributed by atoms with E-state index in [0.717, 1.165) is 18.5 Å². The first-order valence-electron chi connectivity index (χ1n) is 7.90. The molecule has 1 aliphatic carbocycles. The molecule has 0 bridgehead atoms. The Morgan fingerprint density at radius 3 is 2.41 bits per heavy atom. The van der Waals surface area contributed by atoms with Gasteiger partial charge in [0.15, 0.2) is 0 Å². The Morgan fingerprint density at radius 1 is 1.23 bits per heavy atom. The van der Waals surface area contributed by atoms with Crippen LogP contribution in [0.15, 0.2) is 24.3 Å². The van der Waals surface area contributed by atoms with Crippen molar-refractivity contribution in [2.24, 2.45) is 5.73 Å². The largest absolute Gasteiger partial charge is 0.444 e. The number of ether oxygens (including phenoxy) is 1. The zero-order valence-electron chi connectivity index (χ0n) is 13.7. The van der Waals surface area contributed by atoms with E-state index in [1.165, 1.54) is 5.56 Å². The standard InChI is InChI=1S/C17H27N3O2/c1-17(2,3)22-16(21)20-9-8-19-15-6-4-12(5-7-15)13-10-14(18)11-13/h4-7,13-14,19H,8-11,18H2,1-3H3,(H,20,21). The van der Waals surface area contributed by atoms with E-state index < -0.39 is 5.60 Å². The summed E-state index contributed by atoms with van der Waals surface area (Å²) in [5.41, 5.74) is 7.78. The molecule has 0 spiro atoms. The van der Waals surface area contributed by atoms with Gasteiger partial charge in [0.2, 0.25) is 0 Å². The highest BCUT2D eigenvalue weighted by Gasteiger charge is 2.26. The number of amides is 1. The van der Waals surface area contributed by atoms with Gasteiger partial charge in [-0.2, -0.15) is 0 Å². The van der Waals surface area contributed by atoms with Crippen LogP contribution in [0.1, 0.15) is 45.1 Å². The van der Waals surface area contributed by atoms with Gasteiger partial charge in [-0.15, -0.1) is 0 Å². The van der Waals surface area contributed by atoms with Gasteiger partial charge in [-0.3, -0.25) is 0 Å². The van der Waals surface area contributed by atoms with Crippen LogP contribution >= 0.6 is 0 Å². The predicted octanol–water partition coefficient (Wildman–Crippen LogP) is 2.83. The third-order valence-electron chi connectivity index (χ3n) is 3.68. The topological polar surface area (TPSA) is 76.4 Å². The van der Waals surface area contributed by atoms with E-state index in [1.54, 1.807) is 0 Å². The van der Waals surface area contributed by atoms with E-state index in [1.807, 2.05) is 20.8 Å². The first-order chi connectivity index (χ1) is 10.3. The summed E-state index contributed by atoms with van der Waals surface area (Å²) in [4.78, 5) is 11.5. The van der Waals surface area contributed by atoms with Gasteiger partial charge in [0.25, 0.3) is 0 Å². The lowest BCUT2D eigenvalue weighted by Crippen LogP contribution is -2.35. The molecule has 0 unspecified atom stereocenters. The van der Waals surface area contributed by atoms with Gasteiger partial charge in [0, 0.05) is 24.8 Å². The van der Waals surface area contributed by atoms with Gasteiger partial charge < -0.3 is 21.1 Å². The van der Waals surface area contributed by atoms with Crippen LogP contribution in [-0.4, -0.2) is 30.8 Å². The molecular weight excluding hydrogens is 278 g/mol. The van der Waals surface area contributed by atoms with E-state index in [2.05, 4.69) is 34.9 Å². The quantitative estimate of drug-likeness (QED) is 0.731. The molecule has 5 nitrogen and oxygen atoms in total. The second-order valence-electron chi connectivity index (χ2n) is 6.91. The fourth-order valence-corrected chi connectivity index (χ4v) is 2.49. The first-order valence-corrected chi connectivity index (χ1v) is 7.90. The maximum atomic E-state index is 11.5. The summed E-state index contributed by atoms with van der Waals surface area (Å²) < 4.78 is 5.17. The highest BCUT2D eigenvalue weighted by molar-refractivity contribution is 5.67. The van der Waals surface area contributed by atoms with Crippen molar-refractivity contribution >= 4 is 11.8 Å². The summed E-state index contributed by atoms with van der Waals surface area (Å²) >= 11 is 0. The third-order valence-corrected chi connectivity index (χ3v) is 3.68. The average molecular weight is 305 g/mol. The predicted molar refractivity (Wildman–Crippen MR) is 89.1 cm³/mol. The number of anilines is 1. The number of nitrogens with two attached hydrogens (primary N) is 1. The molecule has 22 heavy (non-hydrogen) atoms. The van der Waals surface area contributed by atoms with Crippen LogP contribution in [0.2, 0.25) is 0 Å². The minimum absolute atomic E-state index is 0.377. The summed E-state index contributed by atoms with van der Waals surface area (Å²) in [6, 6.07) is 8.83. The Balaban J connectivity index is 1.66. The van der Waals surface area contributed by atoms with Crippen LogP contribution in [-0.2, 0) is 4.74 Å². The summed E-state index contributed by atoms with van der Waals surface area (Å²) in [7, 11) is 0. The molecule has 1 fully saturated rings. The Labute approximate surface area is 132 Å². The lowest BCUT2D eigenvalue weighted by Gasteiger charge is -2.32. The van der Waals surface area contributed by atoms with Crippen LogP contribution in [0.5, 0.6) is 0 Å². The second-order valence-corrected chi connectivity index (χ2v) is 6.91. The van der Waals surface area contributed by atoms with Crippen LogP contribution < -0.4 is 16.4 Å². The third kappa shape index (κ3) is 5.22. The first kappa shape index (κ1) is 16.6. The molecule has 0 aromatic heterocycles. The molecule has 1 aliphatic rings. The normalized spacial score (nSPS) is 20.9. The zero-order chi connectivity index (χ0) is 16.2. The molecule has 122 valence electrons. The van der Waals surface area contributed by atoms with Crippen molar-refractivity contribution < 1.29 is 9.53 Å². The Hall–Kier alpha value is -1.75. The Bertz CT molecular complexity index is 488. The van der Waals surface area contributed by atoms with Gasteiger partial charge in [0.05, 0.1) is 0 Å². The maximum Gasteiger partial charge on any atom is 0.407 e. The fraction of sp³-hybridized carbons (Fsp3) is 0.588. The maximum absolute atomic E-state index is 11.5. The van der Waals surface area contributed by atoms with Crippen molar-refractivity contribution in [2.45, 2.75) is 51.2 Å². The summed E-state index contributed by atoms with van der Waals surface area (Å²) in [6.07, 6.45) is 1.80. The van der Waals surface area contributed by atoms with Crippen molar-refractivity contribution in [3.8, 4) is 0 Å². The molecule has 1 saturated carbocycles. The fourth-order valence-electron chi connectivity index (χ4n) is 2.49. The molecule has 2 rings (SSSR count). The Morgan fingerprint density at radius 2 is 1.86 bits per heavy atom. The summed E-state index contributed by atoms with van der Waals surface area (Å²) in [5.74, 6) is 0.623. The van der Waals surface area contributed by atoms with Crippen molar-refractivity contribution in [3.63, 3.8) is 0 Å². The highest BCUT2D eigenvalue weighted by Crippen LogP contribution is 2.35. The number of rotatable bonds is 5. The molecule has 0 atom stereocenters. The van der Waals surface area contributed by atoms with Crippen molar-refractivity contribution in [2.75, 3.05) is 18.4 Å². The molecule has 1 aromatic carbocycles. The van der Waals surface area contributed by atoms with E-state index in [0.29, 0.717) is 25.0 Å². The molecule has 1 amide bonds. The van der Waals surface area contributed by atoms with E-state index in [9.17, 15) is 4.79 Å². The monoisotopic (exact) mass is 305 g/mol. The van der Waals surface area contributed by atoms with E-state index in [4.69, 9.17) is 10.5 Å². The minimum Gasteiger partial charge on any atom is -0.444 e. The molecule has 4 N–H and O–H groups in total. The van der Waals surface area contributed by atoms with Gasteiger partial charge in [0.1, 0.15) is 5.60 Å². The zero-order valence-corrected chi connectivity index (χ0v) is 13.7. The molecule has 5 heteroatoms. The number of carbonyl (C=O) groups is 1. The molecule has 0 saturated heterocycles. The van der Waals surface area contributed by atoms with Gasteiger partial charge in [-0.25, -0.2) is 4.79 Å². The van der Waals surface area contributed by atoms with Crippen LogP contribution in [0, 0.1) is 0 Å². The van der Waals surface area contributed by atoms with Crippen LogP contribution in [0.4, 0.5) is 10.5 Å². The molecule has 0 radical (unpaired) electrons. The van der Waals surface area contributed by atoms with E-state index >= 15 is 0 Å². The average Bonchev–Trinajstić information content (AvgIpc) is 2.39. The molecule has 1 aromatic rings. The molecular formula is C17H27N3O2. The lowest BCUT2D eigenvalue weighted by molar-refractivity contribution is 0.0530. The smallest absolute Gasteiger partial charge is 0.407 e. The number of nitrogens with one attached hydrogen (secondary N) is 2. The van der Waals surface area contributed by atoms with Crippen LogP contribution in [0.3, 0.4) is 0 Å². The van der Waals surface area contributed by atoms with Crippen molar-refractivity contribution in [3.05, 3.63) is 29.8 Å². The van der Waals surface area contributed by atoms with Crippen molar-refractivity contribution in [1.82, 2.24) is 5.32 Å². The number of alkyl carbamates (subject to hydrolysis) is 1. The van der Waals surface area contributed by atoms with Crippen LogP contribution in [0.25, 0.3) is 0 Å².